The fraction of sp³-hybridized carbons (Fsp3) is 0.933. The van der Waals surface area contributed by atoms with Gasteiger partial charge in [0.2, 0.25) is 10.0 Å². The number of aliphatic carboxylic acids is 1. The molecule has 22 heavy (non-hydrogen) atoms. The lowest BCUT2D eigenvalue weighted by molar-refractivity contribution is -0.139. The Morgan fingerprint density at radius 2 is 1.77 bits per heavy atom. The van der Waals surface area contributed by atoms with Crippen LogP contribution in [0.5, 0.6) is 0 Å². The van der Waals surface area contributed by atoms with Gasteiger partial charge in [0.15, 0.2) is 0 Å². The largest absolute Gasteiger partial charge is 0.480 e. The number of piperidine rings is 1. The van der Waals surface area contributed by atoms with E-state index in [1.165, 1.54) is 0 Å². The minimum Gasteiger partial charge on any atom is -0.480 e. The van der Waals surface area contributed by atoms with E-state index in [-0.39, 0.29) is 12.6 Å². The molecule has 1 aliphatic heterocycles. The number of sulfonamides is 1. The second-order valence-electron chi connectivity index (χ2n) is 6.52. The van der Waals surface area contributed by atoms with Crippen molar-refractivity contribution in [2.75, 3.05) is 31.9 Å². The number of hydrogen-bond donors (Lipinski definition) is 1. The van der Waals surface area contributed by atoms with Gasteiger partial charge in [-0.05, 0) is 38.1 Å². The van der Waals surface area contributed by atoms with Gasteiger partial charge < -0.3 is 5.11 Å². The van der Waals surface area contributed by atoms with E-state index in [0.29, 0.717) is 31.3 Å². The maximum Gasteiger partial charge on any atom is 0.317 e. The Morgan fingerprint density at radius 1 is 1.18 bits per heavy atom. The molecule has 0 spiro atoms. The number of carboxylic acids is 1. The van der Waals surface area contributed by atoms with Crippen LogP contribution in [0.3, 0.4) is 0 Å². The SMILES string of the molecule is CCN(CC(=O)O)C1CCN(S(=O)(=O)CC2CCCC2)CC1. The van der Waals surface area contributed by atoms with Crippen molar-refractivity contribution in [3.8, 4) is 0 Å². The lowest BCUT2D eigenvalue weighted by atomic mass is 10.0. The van der Waals surface area contributed by atoms with Crippen molar-refractivity contribution in [1.82, 2.24) is 9.21 Å². The van der Waals surface area contributed by atoms with E-state index in [2.05, 4.69) is 0 Å². The molecule has 1 heterocycles. The highest BCUT2D eigenvalue weighted by Crippen LogP contribution is 2.28. The zero-order valence-electron chi connectivity index (χ0n) is 13.4. The molecule has 6 nitrogen and oxygen atoms in total. The highest BCUT2D eigenvalue weighted by molar-refractivity contribution is 7.89. The average Bonchev–Trinajstić information content (AvgIpc) is 2.97. The summed E-state index contributed by atoms with van der Waals surface area (Å²) < 4.78 is 26.6. The highest BCUT2D eigenvalue weighted by Gasteiger charge is 2.32. The van der Waals surface area contributed by atoms with Crippen molar-refractivity contribution in [3.63, 3.8) is 0 Å². The molecule has 2 aliphatic rings. The fourth-order valence-electron chi connectivity index (χ4n) is 3.74. The van der Waals surface area contributed by atoms with Gasteiger partial charge in [0.1, 0.15) is 0 Å². The Hall–Kier alpha value is -0.660. The van der Waals surface area contributed by atoms with Crippen molar-refractivity contribution in [1.29, 1.82) is 0 Å². The van der Waals surface area contributed by atoms with Crippen LogP contribution < -0.4 is 0 Å². The molecule has 0 aromatic carbocycles. The zero-order valence-corrected chi connectivity index (χ0v) is 14.2. The van der Waals surface area contributed by atoms with Crippen molar-refractivity contribution in [2.24, 2.45) is 5.92 Å². The summed E-state index contributed by atoms with van der Waals surface area (Å²) in [6, 6.07) is 0.180. The Kier molecular flexibility index (Phi) is 6.23. The minimum absolute atomic E-state index is 0.0377. The van der Waals surface area contributed by atoms with Crippen LogP contribution in [-0.4, -0.2) is 66.7 Å². The Balaban J connectivity index is 1.86. The number of carbonyl (C=O) groups is 1. The van der Waals surface area contributed by atoms with Gasteiger partial charge in [-0.1, -0.05) is 19.8 Å². The highest BCUT2D eigenvalue weighted by atomic mass is 32.2. The van der Waals surface area contributed by atoms with Crippen LogP contribution in [0.1, 0.15) is 45.4 Å². The molecule has 0 unspecified atom stereocenters. The normalized spacial score (nSPS) is 22.5. The van der Waals surface area contributed by atoms with Gasteiger partial charge in [-0.25, -0.2) is 12.7 Å². The standard InChI is InChI=1S/C15H28N2O4S/c1-2-16(11-15(18)19)14-7-9-17(10-8-14)22(20,21)12-13-5-3-4-6-13/h13-14H,2-12H2,1H3,(H,18,19). The monoisotopic (exact) mass is 332 g/mol. The van der Waals surface area contributed by atoms with Crippen LogP contribution in [-0.2, 0) is 14.8 Å². The molecule has 1 saturated heterocycles. The van der Waals surface area contributed by atoms with Gasteiger partial charge in [0.05, 0.1) is 12.3 Å². The molecule has 0 bridgehead atoms. The Morgan fingerprint density at radius 3 is 2.27 bits per heavy atom. The summed E-state index contributed by atoms with van der Waals surface area (Å²) in [4.78, 5) is 12.8. The summed E-state index contributed by atoms with van der Waals surface area (Å²) >= 11 is 0. The van der Waals surface area contributed by atoms with Gasteiger partial charge in [-0.3, -0.25) is 9.69 Å². The molecule has 7 heteroatoms. The Bertz CT molecular complexity index is 466. The molecular formula is C15H28N2O4S. The first-order chi connectivity index (χ1) is 10.4. The first-order valence-corrected chi connectivity index (χ1v) is 9.97. The molecule has 0 aromatic rings. The van der Waals surface area contributed by atoms with Crippen LogP contribution in [0, 0.1) is 5.92 Å². The van der Waals surface area contributed by atoms with Crippen LogP contribution >= 0.6 is 0 Å². The molecule has 0 radical (unpaired) electrons. The van der Waals surface area contributed by atoms with Crippen molar-refractivity contribution in [2.45, 2.75) is 51.5 Å². The third kappa shape index (κ3) is 4.67. The van der Waals surface area contributed by atoms with Crippen LogP contribution in [0.4, 0.5) is 0 Å². The van der Waals surface area contributed by atoms with Crippen molar-refractivity contribution >= 4 is 16.0 Å². The topological polar surface area (TPSA) is 77.9 Å². The van der Waals surface area contributed by atoms with E-state index in [0.717, 1.165) is 38.5 Å². The molecule has 1 saturated carbocycles. The minimum atomic E-state index is -3.15. The molecular weight excluding hydrogens is 304 g/mol. The lowest BCUT2D eigenvalue weighted by Crippen LogP contribution is -2.48. The third-order valence-electron chi connectivity index (χ3n) is 5.00. The molecule has 1 N–H and O–H groups in total. The summed E-state index contributed by atoms with van der Waals surface area (Å²) in [5, 5.41) is 8.94. The van der Waals surface area contributed by atoms with Gasteiger partial charge in [0.25, 0.3) is 0 Å². The summed E-state index contributed by atoms with van der Waals surface area (Å²) in [6.07, 6.45) is 5.84. The summed E-state index contributed by atoms with van der Waals surface area (Å²) in [6.45, 7) is 3.72. The van der Waals surface area contributed by atoms with Crippen LogP contribution in [0.15, 0.2) is 0 Å². The zero-order chi connectivity index (χ0) is 16.2. The summed E-state index contributed by atoms with van der Waals surface area (Å²) in [7, 11) is -3.15. The second kappa shape index (κ2) is 7.75. The van der Waals surface area contributed by atoms with Gasteiger partial charge in [-0.15, -0.1) is 0 Å². The maximum absolute atomic E-state index is 12.5. The van der Waals surface area contributed by atoms with Gasteiger partial charge >= 0.3 is 5.97 Å². The number of hydrogen-bond acceptors (Lipinski definition) is 4. The van der Waals surface area contributed by atoms with E-state index >= 15 is 0 Å². The number of carboxylic acid groups (broad SMARTS) is 1. The van der Waals surface area contributed by atoms with E-state index in [9.17, 15) is 13.2 Å². The van der Waals surface area contributed by atoms with E-state index in [1.54, 1.807) is 4.31 Å². The van der Waals surface area contributed by atoms with E-state index in [4.69, 9.17) is 5.11 Å². The molecule has 0 aromatic heterocycles. The predicted octanol–water partition coefficient (Wildman–Crippen LogP) is 1.38. The quantitative estimate of drug-likeness (QED) is 0.762. The van der Waals surface area contributed by atoms with Crippen LogP contribution in [0.2, 0.25) is 0 Å². The number of rotatable bonds is 7. The molecule has 2 rings (SSSR count). The molecule has 0 atom stereocenters. The number of likely N-dealkylation sites (N-methyl/N-ethyl adjacent to an activating group) is 1. The first kappa shape index (κ1) is 17.7. The summed E-state index contributed by atoms with van der Waals surface area (Å²) in [5.74, 6) is -0.190. The van der Waals surface area contributed by atoms with Crippen LogP contribution in [0.25, 0.3) is 0 Å². The molecule has 0 amide bonds. The lowest BCUT2D eigenvalue weighted by Gasteiger charge is -2.37. The molecule has 128 valence electrons. The van der Waals surface area contributed by atoms with E-state index in [1.807, 2.05) is 11.8 Å². The summed E-state index contributed by atoms with van der Waals surface area (Å²) in [5.41, 5.74) is 0. The van der Waals surface area contributed by atoms with Gasteiger partial charge in [-0.2, -0.15) is 0 Å². The first-order valence-electron chi connectivity index (χ1n) is 8.36. The van der Waals surface area contributed by atoms with Gasteiger partial charge in [0, 0.05) is 19.1 Å². The molecule has 1 aliphatic carbocycles. The van der Waals surface area contributed by atoms with Crippen molar-refractivity contribution < 1.29 is 18.3 Å². The fourth-order valence-corrected chi connectivity index (χ4v) is 5.65. The number of nitrogens with zero attached hydrogens (tertiary/aromatic N) is 2. The third-order valence-corrected chi connectivity index (χ3v) is 7.04. The second-order valence-corrected chi connectivity index (χ2v) is 8.53. The smallest absolute Gasteiger partial charge is 0.317 e. The van der Waals surface area contributed by atoms with E-state index < -0.39 is 16.0 Å². The average molecular weight is 332 g/mol. The molecule has 2 fully saturated rings. The predicted molar refractivity (Wildman–Crippen MR) is 85.2 cm³/mol. The maximum atomic E-state index is 12.5. The van der Waals surface area contributed by atoms with Crippen molar-refractivity contribution in [3.05, 3.63) is 0 Å². The Labute approximate surface area is 133 Å².